The third-order valence-electron chi connectivity index (χ3n) is 2.92. The van der Waals surface area contributed by atoms with Crippen molar-refractivity contribution in [2.45, 2.75) is 33.6 Å². The van der Waals surface area contributed by atoms with Crippen LogP contribution in [0.25, 0.3) is 5.57 Å². The molecule has 0 aliphatic rings. The summed E-state index contributed by atoms with van der Waals surface area (Å²) < 4.78 is 50.2. The van der Waals surface area contributed by atoms with Gasteiger partial charge in [-0.1, -0.05) is 64.1 Å². The van der Waals surface area contributed by atoms with Crippen LogP contribution in [0.4, 0.5) is 21.0 Å². The SMILES string of the molecule is C=C(C[N+](C)(C)CCCC)c1ccccc1.CC.FP(F)(F)(F)F. The number of unbranched alkanes of at least 4 members (excludes halogenated alkanes) is 1. The topological polar surface area (TPSA) is 0 Å². The Kier molecular flexibility index (Phi) is 11.3. The number of rotatable bonds is 6. The van der Waals surface area contributed by atoms with E-state index in [4.69, 9.17) is 0 Å². The van der Waals surface area contributed by atoms with Crippen molar-refractivity contribution in [3.63, 3.8) is 0 Å². The van der Waals surface area contributed by atoms with E-state index in [1.165, 1.54) is 30.5 Å². The summed E-state index contributed by atoms with van der Waals surface area (Å²) in [5.74, 6) is 0. The molecule has 1 nitrogen and oxygen atoms in total. The van der Waals surface area contributed by atoms with Crippen LogP contribution in [0.5, 0.6) is 0 Å². The molecule has 24 heavy (non-hydrogen) atoms. The Morgan fingerprint density at radius 1 is 1.00 bits per heavy atom. The molecule has 0 unspecified atom stereocenters. The van der Waals surface area contributed by atoms with Crippen LogP contribution in [0.3, 0.4) is 0 Å². The van der Waals surface area contributed by atoms with Gasteiger partial charge in [0.15, 0.2) is 0 Å². The van der Waals surface area contributed by atoms with E-state index in [9.17, 15) is 21.0 Å². The van der Waals surface area contributed by atoms with Crippen molar-refractivity contribution >= 4 is 13.7 Å². The van der Waals surface area contributed by atoms with Crippen LogP contribution >= 0.6 is 8.16 Å². The Morgan fingerprint density at radius 3 is 1.79 bits per heavy atom. The van der Waals surface area contributed by atoms with E-state index in [0.717, 1.165) is 11.0 Å². The van der Waals surface area contributed by atoms with Crippen LogP contribution in [0.2, 0.25) is 0 Å². The standard InChI is InChI=1S/C15H24N.C2H6.F5P/c1-5-6-12-16(3,4)13-14(2)15-10-8-7-9-11-15;1-2;1-6(2,3,4)5/h7-11H,2,5-6,12-13H2,1,3-4H3;1-2H3;/q+1;;. The van der Waals surface area contributed by atoms with E-state index in [2.05, 4.69) is 51.9 Å². The third kappa shape index (κ3) is 19.0. The van der Waals surface area contributed by atoms with Gasteiger partial charge in [-0.3, -0.25) is 0 Å². The van der Waals surface area contributed by atoms with Crippen LogP contribution < -0.4 is 0 Å². The van der Waals surface area contributed by atoms with Crippen LogP contribution in [0.15, 0.2) is 36.9 Å². The fraction of sp³-hybridized carbons (Fsp3) is 0.529. The molecule has 1 rings (SSSR count). The maximum atomic E-state index is 9.84. The Bertz CT molecular complexity index is 450. The van der Waals surface area contributed by atoms with Gasteiger partial charge in [-0.25, -0.2) is 0 Å². The van der Waals surface area contributed by atoms with Gasteiger partial charge in [0.25, 0.3) is 0 Å². The van der Waals surface area contributed by atoms with Gasteiger partial charge in [0, 0.05) is 5.57 Å². The molecule has 0 aliphatic carbocycles. The molecule has 142 valence electrons. The summed E-state index contributed by atoms with van der Waals surface area (Å²) in [4.78, 5) is 0. The fourth-order valence-electron chi connectivity index (χ4n) is 1.95. The molecule has 0 atom stereocenters. The van der Waals surface area contributed by atoms with E-state index in [-0.39, 0.29) is 0 Å². The average molecular weight is 374 g/mol. The molecule has 0 saturated carbocycles. The number of quaternary nitrogens is 1. The van der Waals surface area contributed by atoms with Crippen molar-refractivity contribution < 1.29 is 25.5 Å². The molecule has 0 bridgehead atoms. The summed E-state index contributed by atoms with van der Waals surface area (Å²) in [5, 5.41) is 0. The summed E-state index contributed by atoms with van der Waals surface area (Å²) in [7, 11) is -3.99. The second-order valence-electron chi connectivity index (χ2n) is 5.78. The number of likely N-dealkylation sites (N-methyl/N-ethyl adjacent to an activating group) is 1. The normalized spacial score (nSPS) is 12.7. The average Bonchev–Trinajstić information content (AvgIpc) is 2.45. The minimum absolute atomic E-state index is 1.03. The summed E-state index contributed by atoms with van der Waals surface area (Å²) in [6.07, 6.45) is 2.55. The zero-order chi connectivity index (χ0) is 19.5. The van der Waals surface area contributed by atoms with E-state index < -0.39 is 8.16 Å². The molecule has 0 radical (unpaired) electrons. The molecule has 0 saturated heterocycles. The van der Waals surface area contributed by atoms with Gasteiger partial charge in [0.1, 0.15) is 6.54 Å². The fourth-order valence-corrected chi connectivity index (χ4v) is 1.95. The van der Waals surface area contributed by atoms with Gasteiger partial charge >= 0.3 is 29.1 Å². The van der Waals surface area contributed by atoms with E-state index in [1.54, 1.807) is 0 Å². The Hall–Kier alpha value is -1.00. The predicted molar refractivity (Wildman–Crippen MR) is 96.0 cm³/mol. The molecule has 0 aromatic heterocycles. The number of halogens is 5. The van der Waals surface area contributed by atoms with Gasteiger partial charge in [0.05, 0.1) is 20.6 Å². The summed E-state index contributed by atoms with van der Waals surface area (Å²) in [5.41, 5.74) is 2.51. The second-order valence-corrected chi connectivity index (χ2v) is 7.06. The van der Waals surface area contributed by atoms with Gasteiger partial charge in [-0.05, 0) is 12.0 Å². The zero-order valence-electron chi connectivity index (χ0n) is 15.2. The molecule has 0 heterocycles. The first-order chi connectivity index (χ1) is 10.8. The molecular formula is C17H30F5NP+. The molecule has 0 spiro atoms. The van der Waals surface area contributed by atoms with Gasteiger partial charge in [0.2, 0.25) is 0 Å². The van der Waals surface area contributed by atoms with E-state index >= 15 is 0 Å². The molecule has 0 N–H and O–H groups in total. The summed E-state index contributed by atoms with van der Waals surface area (Å²) in [6, 6.07) is 10.5. The molecule has 0 aliphatic heterocycles. The number of nitrogens with zero attached hydrogens (tertiary/aromatic N) is 1. The van der Waals surface area contributed by atoms with Crippen molar-refractivity contribution in [3.05, 3.63) is 42.5 Å². The Morgan fingerprint density at radius 2 is 1.42 bits per heavy atom. The first-order valence-corrected chi connectivity index (χ1v) is 9.64. The van der Waals surface area contributed by atoms with Gasteiger partial charge < -0.3 is 4.48 Å². The Balaban J connectivity index is 0. The van der Waals surface area contributed by atoms with Crippen LogP contribution in [0.1, 0.15) is 39.2 Å². The summed E-state index contributed by atoms with van der Waals surface area (Å²) in [6.45, 7) is 12.7. The molecule has 7 heteroatoms. The van der Waals surface area contributed by atoms with Crippen LogP contribution in [0, 0.1) is 0 Å². The predicted octanol–water partition coefficient (Wildman–Crippen LogP) is 7.56. The maximum absolute atomic E-state index is 9.84. The Labute approximate surface area is 143 Å². The summed E-state index contributed by atoms with van der Waals surface area (Å²) >= 11 is 0. The second kappa shape index (κ2) is 10.8. The van der Waals surface area contributed by atoms with Gasteiger partial charge in [-0.15, -0.1) is 0 Å². The number of hydrogen-bond donors (Lipinski definition) is 0. The minimum atomic E-state index is -8.55. The van der Waals surface area contributed by atoms with Gasteiger partial charge in [-0.2, -0.15) is 0 Å². The molecule has 0 fully saturated rings. The van der Waals surface area contributed by atoms with Crippen molar-refractivity contribution in [1.29, 1.82) is 0 Å². The molecule has 1 aromatic rings. The number of benzene rings is 1. The van der Waals surface area contributed by atoms with E-state index in [0.29, 0.717) is 0 Å². The first-order valence-electron chi connectivity index (χ1n) is 7.95. The molecule has 0 amide bonds. The first kappa shape index (κ1) is 25.2. The molecular weight excluding hydrogens is 344 g/mol. The third-order valence-corrected chi connectivity index (χ3v) is 2.92. The van der Waals surface area contributed by atoms with Crippen molar-refractivity contribution in [3.8, 4) is 0 Å². The quantitative estimate of drug-likeness (QED) is 0.274. The van der Waals surface area contributed by atoms with Crippen LogP contribution in [-0.4, -0.2) is 31.7 Å². The monoisotopic (exact) mass is 374 g/mol. The van der Waals surface area contributed by atoms with Crippen molar-refractivity contribution in [1.82, 2.24) is 0 Å². The molecule has 1 aromatic carbocycles. The van der Waals surface area contributed by atoms with E-state index in [1.807, 2.05) is 19.9 Å². The van der Waals surface area contributed by atoms with Crippen molar-refractivity contribution in [2.24, 2.45) is 0 Å². The number of hydrogen-bond acceptors (Lipinski definition) is 0. The van der Waals surface area contributed by atoms with Crippen LogP contribution in [-0.2, 0) is 0 Å². The van der Waals surface area contributed by atoms with Crippen molar-refractivity contribution in [2.75, 3.05) is 27.2 Å². The zero-order valence-corrected chi connectivity index (χ0v) is 16.1.